The minimum atomic E-state index is -2.70. The van der Waals surface area contributed by atoms with Crippen LogP contribution in [0.2, 0.25) is 0 Å². The number of sulfone groups is 1. The molecule has 0 saturated carbocycles. The van der Waals surface area contributed by atoms with Crippen LogP contribution < -0.4 is 0 Å². The molecule has 0 aliphatic carbocycles. The Bertz CT molecular complexity index is 218. The zero-order valence-electron chi connectivity index (χ0n) is 7.21. The monoisotopic (exact) mass is 176 g/mol. The van der Waals surface area contributed by atoms with Crippen LogP contribution in [0.1, 0.15) is 33.1 Å². The maximum atomic E-state index is 11.4. The van der Waals surface area contributed by atoms with E-state index in [-0.39, 0.29) is 5.25 Å². The van der Waals surface area contributed by atoms with Crippen LogP contribution in [0.25, 0.3) is 0 Å². The molecule has 11 heavy (non-hydrogen) atoms. The lowest BCUT2D eigenvalue weighted by Gasteiger charge is -2.05. The van der Waals surface area contributed by atoms with Crippen LogP contribution in [0.15, 0.2) is 0 Å². The van der Waals surface area contributed by atoms with Gasteiger partial charge in [0.1, 0.15) is 0 Å². The van der Waals surface area contributed by atoms with Gasteiger partial charge in [-0.2, -0.15) is 0 Å². The molecule has 1 aliphatic heterocycles. The second kappa shape index (κ2) is 3.13. The van der Waals surface area contributed by atoms with Crippen molar-refractivity contribution in [1.29, 1.82) is 0 Å². The first-order chi connectivity index (χ1) is 5.06. The van der Waals surface area contributed by atoms with E-state index in [1.165, 1.54) is 0 Å². The molecule has 1 heterocycles. The largest absolute Gasteiger partial charge is 0.229 e. The molecule has 2 nitrogen and oxygen atoms in total. The Labute approximate surface area is 68.9 Å². The molecule has 1 saturated heterocycles. The van der Waals surface area contributed by atoms with Gasteiger partial charge in [-0.25, -0.2) is 8.42 Å². The van der Waals surface area contributed by atoms with Gasteiger partial charge < -0.3 is 0 Å². The third-order valence-corrected chi connectivity index (χ3v) is 4.78. The number of hydrogen-bond donors (Lipinski definition) is 0. The molecule has 66 valence electrons. The minimum absolute atomic E-state index is 0.0255. The average molecular weight is 176 g/mol. The summed E-state index contributed by atoms with van der Waals surface area (Å²) >= 11 is 0. The van der Waals surface area contributed by atoms with Crippen LogP contribution >= 0.6 is 0 Å². The van der Waals surface area contributed by atoms with E-state index in [4.69, 9.17) is 0 Å². The topological polar surface area (TPSA) is 34.1 Å². The minimum Gasteiger partial charge on any atom is -0.229 e. The van der Waals surface area contributed by atoms with Crippen molar-refractivity contribution in [2.45, 2.75) is 38.4 Å². The first-order valence-corrected chi connectivity index (χ1v) is 5.99. The van der Waals surface area contributed by atoms with Crippen LogP contribution in [0.3, 0.4) is 0 Å². The predicted octanol–water partition coefficient (Wildman–Crippen LogP) is 1.61. The highest BCUT2D eigenvalue weighted by Gasteiger charge is 2.34. The van der Waals surface area contributed by atoms with Crippen molar-refractivity contribution in [3.05, 3.63) is 0 Å². The molecule has 0 aromatic heterocycles. The van der Waals surface area contributed by atoms with Crippen molar-refractivity contribution < 1.29 is 8.42 Å². The lowest BCUT2D eigenvalue weighted by Crippen LogP contribution is -2.14. The lowest BCUT2D eigenvalue weighted by atomic mass is 10.1. The fourth-order valence-electron chi connectivity index (χ4n) is 1.82. The normalized spacial score (nSPS) is 35.8. The molecule has 0 aromatic carbocycles. The summed E-state index contributed by atoms with van der Waals surface area (Å²) in [5, 5.41) is -0.0255. The molecule has 0 spiro atoms. The van der Waals surface area contributed by atoms with Gasteiger partial charge in [0.25, 0.3) is 0 Å². The van der Waals surface area contributed by atoms with Crippen LogP contribution in [0, 0.1) is 5.92 Å². The van der Waals surface area contributed by atoms with E-state index >= 15 is 0 Å². The molecule has 2 unspecified atom stereocenters. The Morgan fingerprint density at radius 1 is 1.45 bits per heavy atom. The van der Waals surface area contributed by atoms with Gasteiger partial charge in [-0.1, -0.05) is 20.3 Å². The summed E-state index contributed by atoms with van der Waals surface area (Å²) in [6.45, 7) is 4.06. The van der Waals surface area contributed by atoms with Gasteiger partial charge in [0, 0.05) is 0 Å². The Balaban J connectivity index is 2.67. The van der Waals surface area contributed by atoms with E-state index < -0.39 is 9.84 Å². The van der Waals surface area contributed by atoms with Gasteiger partial charge in [0.05, 0.1) is 11.0 Å². The van der Waals surface area contributed by atoms with Crippen molar-refractivity contribution in [3.8, 4) is 0 Å². The SMILES string of the molecule is CCCC1CC(C)CS1(=O)=O. The molecule has 0 N–H and O–H groups in total. The highest BCUT2D eigenvalue weighted by molar-refractivity contribution is 7.92. The molecular formula is C8H16O2S. The predicted molar refractivity (Wildman–Crippen MR) is 46.3 cm³/mol. The lowest BCUT2D eigenvalue weighted by molar-refractivity contribution is 0.567. The molecule has 0 aromatic rings. The summed E-state index contributed by atoms with van der Waals surface area (Å²) in [5.74, 6) is 0.800. The molecule has 1 fully saturated rings. The molecule has 0 bridgehead atoms. The van der Waals surface area contributed by atoms with E-state index in [0.717, 1.165) is 19.3 Å². The molecule has 0 radical (unpaired) electrons. The van der Waals surface area contributed by atoms with E-state index in [0.29, 0.717) is 11.7 Å². The van der Waals surface area contributed by atoms with Gasteiger partial charge in [-0.05, 0) is 18.8 Å². The van der Waals surface area contributed by atoms with E-state index in [1.54, 1.807) is 0 Å². The van der Waals surface area contributed by atoms with E-state index in [2.05, 4.69) is 0 Å². The van der Waals surface area contributed by atoms with Gasteiger partial charge in [0.2, 0.25) is 0 Å². The van der Waals surface area contributed by atoms with Gasteiger partial charge in [-0.3, -0.25) is 0 Å². The highest BCUT2D eigenvalue weighted by atomic mass is 32.2. The first-order valence-electron chi connectivity index (χ1n) is 4.28. The van der Waals surface area contributed by atoms with Crippen LogP contribution in [-0.2, 0) is 9.84 Å². The smallest absolute Gasteiger partial charge is 0.153 e. The van der Waals surface area contributed by atoms with Crippen molar-refractivity contribution in [1.82, 2.24) is 0 Å². The summed E-state index contributed by atoms with van der Waals surface area (Å²) in [6.07, 6.45) is 2.72. The van der Waals surface area contributed by atoms with Crippen molar-refractivity contribution >= 4 is 9.84 Å². The Morgan fingerprint density at radius 3 is 2.45 bits per heavy atom. The molecule has 3 heteroatoms. The zero-order valence-corrected chi connectivity index (χ0v) is 8.02. The summed E-state index contributed by atoms with van der Waals surface area (Å²) in [7, 11) is -2.70. The summed E-state index contributed by atoms with van der Waals surface area (Å²) in [6, 6.07) is 0. The average Bonchev–Trinajstić information content (AvgIpc) is 2.07. The Morgan fingerprint density at radius 2 is 2.09 bits per heavy atom. The Hall–Kier alpha value is -0.0500. The molecule has 1 aliphatic rings. The molecule has 0 amide bonds. The van der Waals surface area contributed by atoms with Crippen molar-refractivity contribution in [2.24, 2.45) is 5.92 Å². The fourth-order valence-corrected chi connectivity index (χ4v) is 4.23. The summed E-state index contributed by atoms with van der Waals surface area (Å²) in [4.78, 5) is 0. The summed E-state index contributed by atoms with van der Waals surface area (Å²) in [5.41, 5.74) is 0. The second-order valence-corrected chi connectivity index (χ2v) is 5.91. The zero-order chi connectivity index (χ0) is 8.48. The third kappa shape index (κ3) is 1.95. The van der Waals surface area contributed by atoms with Crippen LogP contribution in [-0.4, -0.2) is 19.4 Å². The van der Waals surface area contributed by atoms with E-state index in [9.17, 15) is 8.42 Å². The standard InChI is InChI=1S/C8H16O2S/c1-3-4-8-5-7(2)6-11(8,9)10/h7-8H,3-6H2,1-2H3. The number of rotatable bonds is 2. The third-order valence-electron chi connectivity index (χ3n) is 2.30. The van der Waals surface area contributed by atoms with Crippen LogP contribution in [0.4, 0.5) is 0 Å². The second-order valence-electron chi connectivity index (χ2n) is 3.58. The van der Waals surface area contributed by atoms with Crippen LogP contribution in [0.5, 0.6) is 0 Å². The maximum Gasteiger partial charge on any atom is 0.153 e. The van der Waals surface area contributed by atoms with Gasteiger partial charge in [-0.15, -0.1) is 0 Å². The summed E-state index contributed by atoms with van der Waals surface area (Å²) < 4.78 is 22.7. The van der Waals surface area contributed by atoms with E-state index in [1.807, 2.05) is 13.8 Å². The molecular weight excluding hydrogens is 160 g/mol. The van der Waals surface area contributed by atoms with Crippen molar-refractivity contribution in [3.63, 3.8) is 0 Å². The molecule has 1 rings (SSSR count). The first kappa shape index (κ1) is 9.04. The maximum absolute atomic E-state index is 11.4. The van der Waals surface area contributed by atoms with Crippen molar-refractivity contribution in [2.75, 3.05) is 5.75 Å². The fraction of sp³-hybridized carbons (Fsp3) is 1.00. The van der Waals surface area contributed by atoms with Gasteiger partial charge in [0.15, 0.2) is 9.84 Å². The van der Waals surface area contributed by atoms with Gasteiger partial charge >= 0.3 is 0 Å². The Kier molecular flexibility index (Phi) is 2.58. The quantitative estimate of drug-likeness (QED) is 0.640. The number of hydrogen-bond acceptors (Lipinski definition) is 2. The highest BCUT2D eigenvalue weighted by Crippen LogP contribution is 2.28. The molecule has 2 atom stereocenters.